The molecule has 0 saturated carbocycles. The Morgan fingerprint density at radius 1 is 0.817 bits per heavy atom. The van der Waals surface area contributed by atoms with Crippen LogP contribution in [0.5, 0.6) is 0 Å². The van der Waals surface area contributed by atoms with Gasteiger partial charge in [-0.05, 0) is 52.8 Å². The van der Waals surface area contributed by atoms with Crippen molar-refractivity contribution >= 4 is 23.9 Å². The van der Waals surface area contributed by atoms with Crippen LogP contribution in [-0.4, -0.2) is 70.2 Å². The highest BCUT2D eigenvalue weighted by atomic mass is 19.1. The number of esters is 1. The van der Waals surface area contributed by atoms with E-state index in [4.69, 9.17) is 15.2 Å². The maximum Gasteiger partial charge on any atom is 0.407 e. The lowest BCUT2D eigenvalue weighted by Crippen LogP contribution is -2.54. The van der Waals surface area contributed by atoms with Gasteiger partial charge in [0.1, 0.15) is 37.5 Å². The summed E-state index contributed by atoms with van der Waals surface area (Å²) in [6.45, 7) is 4.53. The molecule has 0 spiro atoms. The quantitative estimate of drug-likeness (QED) is 0.0753. The van der Waals surface area contributed by atoms with Crippen LogP contribution in [0.3, 0.4) is 0 Å². The van der Waals surface area contributed by atoms with Crippen molar-refractivity contribution < 1.29 is 42.5 Å². The average molecular weight is 824 g/mol. The van der Waals surface area contributed by atoms with Crippen LogP contribution in [0.15, 0.2) is 121 Å². The van der Waals surface area contributed by atoms with E-state index in [1.54, 1.807) is 60.8 Å². The Balaban J connectivity index is 1.36. The van der Waals surface area contributed by atoms with E-state index < -0.39 is 65.7 Å². The molecule has 4 aromatic carbocycles. The Morgan fingerprint density at radius 2 is 1.40 bits per heavy atom. The number of nitrogens with one attached hydrogen (secondary N) is 2. The van der Waals surface area contributed by atoms with Crippen LogP contribution in [0.2, 0.25) is 0 Å². The Morgan fingerprint density at radius 3 is 1.98 bits per heavy atom. The van der Waals surface area contributed by atoms with Gasteiger partial charge in [0, 0.05) is 36.1 Å². The molecule has 0 aliphatic rings. The molecule has 1 heterocycles. The predicted molar refractivity (Wildman–Crippen MR) is 222 cm³/mol. The number of carbonyl (C=O) groups is 4. The van der Waals surface area contributed by atoms with Crippen LogP contribution in [-0.2, 0) is 43.6 Å². The van der Waals surface area contributed by atoms with Crippen molar-refractivity contribution in [2.75, 3.05) is 19.7 Å². The van der Waals surface area contributed by atoms with E-state index in [-0.39, 0.29) is 38.3 Å². The minimum Gasteiger partial charge on any atom is -0.459 e. The number of rotatable bonds is 18. The summed E-state index contributed by atoms with van der Waals surface area (Å²) in [6, 6.07) is 28.8. The van der Waals surface area contributed by atoms with Crippen LogP contribution in [0.25, 0.3) is 11.1 Å². The van der Waals surface area contributed by atoms with Gasteiger partial charge in [0.05, 0.1) is 18.6 Å². The van der Waals surface area contributed by atoms with Gasteiger partial charge < -0.3 is 40.4 Å². The number of ether oxygens (including phenoxy) is 2. The highest BCUT2D eigenvalue weighted by Crippen LogP contribution is 2.41. The zero-order chi connectivity index (χ0) is 43.2. The summed E-state index contributed by atoms with van der Waals surface area (Å²) >= 11 is 0. The van der Waals surface area contributed by atoms with Gasteiger partial charge in [-0.25, -0.2) is 18.4 Å². The summed E-state index contributed by atoms with van der Waals surface area (Å²) in [7, 11) is 0. The number of benzene rings is 4. The normalized spacial score (nSPS) is 12.8. The number of carbonyl (C=O) groups excluding carboxylic acids is 4. The van der Waals surface area contributed by atoms with E-state index in [9.17, 15) is 28.7 Å². The second-order valence-electron chi connectivity index (χ2n) is 15.4. The molecule has 1 aromatic heterocycles. The van der Waals surface area contributed by atoms with E-state index in [2.05, 4.69) is 10.6 Å². The van der Waals surface area contributed by atoms with Gasteiger partial charge in [-0.1, -0.05) is 112 Å². The number of halogens is 2. The van der Waals surface area contributed by atoms with Gasteiger partial charge in [-0.3, -0.25) is 9.59 Å². The average Bonchev–Trinajstić information content (AvgIpc) is 3.64. The Labute approximate surface area is 348 Å². The molecule has 3 amide bonds. The van der Waals surface area contributed by atoms with Crippen molar-refractivity contribution in [2.45, 2.75) is 65.1 Å². The molecule has 0 bridgehead atoms. The number of hydrogen-bond donors (Lipinski definition) is 4. The fraction of sp³-hybridized carbons (Fsp3) is 0.304. The number of nitrogens with zero attached hydrogens (tertiary/aromatic N) is 2. The molecule has 0 radical (unpaired) electrons. The molecule has 12 nitrogen and oxygen atoms in total. The zero-order valence-electron chi connectivity index (χ0n) is 33.9. The van der Waals surface area contributed by atoms with Gasteiger partial charge in [0.2, 0.25) is 11.8 Å². The van der Waals surface area contributed by atoms with Gasteiger partial charge in [-0.2, -0.15) is 0 Å². The summed E-state index contributed by atoms with van der Waals surface area (Å²) in [5.41, 5.74) is 9.04. The molecule has 0 saturated heterocycles. The lowest BCUT2D eigenvalue weighted by molar-refractivity contribution is -0.149. The third-order valence-electron chi connectivity index (χ3n) is 9.74. The minimum atomic E-state index is -1.36. The van der Waals surface area contributed by atoms with Crippen LogP contribution in [0.1, 0.15) is 55.6 Å². The van der Waals surface area contributed by atoms with Crippen molar-refractivity contribution in [3.63, 3.8) is 0 Å². The molecule has 5 N–H and O–H groups in total. The Hall–Kier alpha value is -6.38. The summed E-state index contributed by atoms with van der Waals surface area (Å²) in [5, 5.41) is 15.3. The smallest absolute Gasteiger partial charge is 0.407 e. The Bertz CT molecular complexity index is 2200. The number of aliphatic hydroxyl groups excluding tert-OH is 1. The summed E-state index contributed by atoms with van der Waals surface area (Å²) < 4.78 is 42.2. The van der Waals surface area contributed by atoms with Gasteiger partial charge in [0.25, 0.3) is 0 Å². The lowest BCUT2D eigenvalue weighted by atomic mass is 9.82. The largest absolute Gasteiger partial charge is 0.459 e. The molecule has 60 heavy (non-hydrogen) atoms. The second kappa shape index (κ2) is 21.0. The molecule has 3 unspecified atom stereocenters. The van der Waals surface area contributed by atoms with Crippen LogP contribution >= 0.6 is 0 Å². The molecule has 0 aliphatic heterocycles. The van der Waals surface area contributed by atoms with Crippen LogP contribution in [0.4, 0.5) is 13.6 Å². The SMILES string of the molecule is CC(C)(C)C(c1cc(-c2cc(F)ccc2F)cn1Cc1ccccc1)N(CCC(N)C(=O)NC(CNC(=O)OCc1ccccc1)C(=O)OCc1ccccc1)C(=O)CO. The lowest BCUT2D eigenvalue weighted by Gasteiger charge is -2.41. The summed E-state index contributed by atoms with van der Waals surface area (Å²) in [5.74, 6) is -3.51. The number of hydrogen-bond acceptors (Lipinski definition) is 8. The first-order valence-corrected chi connectivity index (χ1v) is 19.5. The fourth-order valence-corrected chi connectivity index (χ4v) is 6.77. The standard InChI is InChI=1S/C46H51F2N5O7/c1-46(2,3)42(40-23-34(36-24-35(47)19-20-37(36)48)27-52(40)26-31-13-7-4-8-14-31)53(41(55)28-54)22-21-38(49)43(56)51-39(44(57)59-29-32-15-9-5-10-16-32)25-50-45(58)60-30-33-17-11-6-12-18-33/h4-20,23-24,27,38-39,42,54H,21-22,25-26,28-30,49H2,1-3H3,(H,50,58)(H,51,56). The minimum absolute atomic E-state index is 0.0222. The number of amides is 3. The zero-order valence-corrected chi connectivity index (χ0v) is 33.9. The first kappa shape index (κ1) is 44.7. The van der Waals surface area contributed by atoms with E-state index >= 15 is 4.39 Å². The van der Waals surface area contributed by atoms with Crippen molar-refractivity contribution in [3.05, 3.63) is 155 Å². The molecule has 3 atom stereocenters. The number of aliphatic hydroxyl groups is 1. The predicted octanol–water partition coefficient (Wildman–Crippen LogP) is 6.26. The molecular formula is C46H51F2N5O7. The van der Waals surface area contributed by atoms with E-state index in [1.165, 1.54) is 4.90 Å². The number of nitrogens with two attached hydrogens (primary N) is 1. The van der Waals surface area contributed by atoms with E-state index in [1.807, 2.05) is 67.8 Å². The van der Waals surface area contributed by atoms with Crippen molar-refractivity contribution in [1.82, 2.24) is 20.1 Å². The molecule has 316 valence electrons. The van der Waals surface area contributed by atoms with Gasteiger partial charge in [-0.15, -0.1) is 0 Å². The monoisotopic (exact) mass is 823 g/mol. The highest BCUT2D eigenvalue weighted by Gasteiger charge is 2.38. The number of aromatic nitrogens is 1. The number of alkyl carbamates (subject to hydrolysis) is 1. The first-order chi connectivity index (χ1) is 28.7. The molecule has 5 rings (SSSR count). The highest BCUT2D eigenvalue weighted by molar-refractivity contribution is 5.88. The first-order valence-electron chi connectivity index (χ1n) is 19.5. The van der Waals surface area contributed by atoms with Crippen molar-refractivity contribution in [1.29, 1.82) is 0 Å². The van der Waals surface area contributed by atoms with E-state index in [0.29, 0.717) is 23.4 Å². The summed E-state index contributed by atoms with van der Waals surface area (Å²) in [6.07, 6.45) is 0.750. The Kier molecular flexibility index (Phi) is 15.7. The molecule has 5 aromatic rings. The molecule has 14 heteroatoms. The van der Waals surface area contributed by atoms with Gasteiger partial charge in [0.15, 0.2) is 0 Å². The topological polar surface area (TPSA) is 165 Å². The van der Waals surface area contributed by atoms with Crippen molar-refractivity contribution in [2.24, 2.45) is 11.1 Å². The second-order valence-corrected chi connectivity index (χ2v) is 15.4. The maximum absolute atomic E-state index is 15.2. The molecule has 0 aliphatic carbocycles. The third kappa shape index (κ3) is 12.6. The fourth-order valence-electron chi connectivity index (χ4n) is 6.77. The summed E-state index contributed by atoms with van der Waals surface area (Å²) in [4.78, 5) is 54.6. The van der Waals surface area contributed by atoms with Crippen molar-refractivity contribution in [3.8, 4) is 11.1 Å². The van der Waals surface area contributed by atoms with Gasteiger partial charge >= 0.3 is 12.1 Å². The molecular weight excluding hydrogens is 773 g/mol. The third-order valence-corrected chi connectivity index (χ3v) is 9.74. The maximum atomic E-state index is 15.2. The van der Waals surface area contributed by atoms with Crippen LogP contribution in [0, 0.1) is 17.0 Å². The van der Waals surface area contributed by atoms with Crippen LogP contribution < -0.4 is 16.4 Å². The van der Waals surface area contributed by atoms with E-state index in [0.717, 1.165) is 29.3 Å². The molecule has 0 fully saturated rings.